The Kier molecular flexibility index (Phi) is 44.2. The lowest BCUT2D eigenvalue weighted by Gasteiger charge is -2.42. The highest BCUT2D eigenvalue weighted by Gasteiger charge is 2.47. The van der Waals surface area contributed by atoms with Gasteiger partial charge in [0.15, 0.2) is 18.7 Å². The monoisotopic (exact) mass is 1090 g/mol. The van der Waals surface area contributed by atoms with Crippen LogP contribution in [0.3, 0.4) is 0 Å². The van der Waals surface area contributed by atoms with Gasteiger partial charge in [0.2, 0.25) is 0 Å². The van der Waals surface area contributed by atoms with Gasteiger partial charge in [-0.3, -0.25) is 9.59 Å². The van der Waals surface area contributed by atoms with Crippen molar-refractivity contribution in [3.63, 3.8) is 0 Å². The predicted molar refractivity (Wildman–Crippen MR) is 303 cm³/mol. The molecule has 2 aliphatic rings. The molecule has 0 aromatic carbocycles. The predicted octanol–water partition coefficient (Wildman–Crippen LogP) is 11.0. The van der Waals surface area contributed by atoms with E-state index in [1.165, 1.54) is 122 Å². The number of carbonyl (C=O) groups is 2. The number of unbranched alkanes of at least 4 members (excludes halogenated alkanes) is 27. The standard InChI is InChI=1S/C62H110O15/c1-3-5-7-9-11-13-15-17-19-21-23-24-25-26-27-29-31-33-35-37-39-41-43-45-54(65)75-50(47-72-53(64)44-42-40-38-36-34-32-30-28-22-20-18-16-14-12-10-8-6-4-2)48-73-61-60(71)58(69)56(67)52(77-61)49-74-62-59(70)57(68)55(66)51(46-63)76-62/h5,7,11,13,17,19,23-24,50-52,55-63,66-71H,3-4,6,8-10,12,14-16,18,20-22,25-49H2,1-2H3/b7-5-,13-11-,19-17-,24-23-. The van der Waals surface area contributed by atoms with Gasteiger partial charge >= 0.3 is 11.9 Å². The summed E-state index contributed by atoms with van der Waals surface area (Å²) in [5.41, 5.74) is 0. The molecule has 2 aliphatic heterocycles. The van der Waals surface area contributed by atoms with Crippen molar-refractivity contribution in [3.05, 3.63) is 48.6 Å². The van der Waals surface area contributed by atoms with Gasteiger partial charge < -0.3 is 64.2 Å². The molecule has 77 heavy (non-hydrogen) atoms. The summed E-state index contributed by atoms with van der Waals surface area (Å²) in [5, 5.41) is 72.4. The summed E-state index contributed by atoms with van der Waals surface area (Å²) in [5.74, 6) is -0.919. The van der Waals surface area contributed by atoms with Gasteiger partial charge in [-0.15, -0.1) is 0 Å². The Morgan fingerprint density at radius 1 is 0.429 bits per heavy atom. The molecule has 0 aromatic heterocycles. The molecule has 2 rings (SSSR count). The van der Waals surface area contributed by atoms with Crippen LogP contribution in [0.25, 0.3) is 0 Å². The van der Waals surface area contributed by atoms with Crippen LogP contribution in [0.5, 0.6) is 0 Å². The third kappa shape index (κ3) is 35.0. The van der Waals surface area contributed by atoms with Crippen molar-refractivity contribution < 1.29 is 73.8 Å². The molecule has 0 saturated carbocycles. The normalized spacial score (nSPS) is 24.5. The molecule has 11 atom stereocenters. The Balaban J connectivity index is 1.72. The minimum Gasteiger partial charge on any atom is -0.462 e. The van der Waals surface area contributed by atoms with Crippen molar-refractivity contribution in [3.8, 4) is 0 Å². The highest BCUT2D eigenvalue weighted by atomic mass is 16.7. The van der Waals surface area contributed by atoms with E-state index in [-0.39, 0.29) is 26.1 Å². The van der Waals surface area contributed by atoms with E-state index in [0.29, 0.717) is 12.8 Å². The molecule has 0 aromatic rings. The maximum atomic E-state index is 13.1. The van der Waals surface area contributed by atoms with Crippen LogP contribution >= 0.6 is 0 Å². The molecule has 0 amide bonds. The van der Waals surface area contributed by atoms with Gasteiger partial charge in [0, 0.05) is 12.8 Å². The van der Waals surface area contributed by atoms with Crippen LogP contribution in [0.2, 0.25) is 0 Å². The first-order chi connectivity index (χ1) is 37.5. The van der Waals surface area contributed by atoms with Gasteiger partial charge in [-0.1, -0.05) is 223 Å². The number of allylic oxidation sites excluding steroid dienone is 8. The summed E-state index contributed by atoms with van der Waals surface area (Å²) in [6.07, 6.45) is 39.8. The smallest absolute Gasteiger partial charge is 0.306 e. The van der Waals surface area contributed by atoms with Crippen molar-refractivity contribution in [2.45, 2.75) is 306 Å². The van der Waals surface area contributed by atoms with E-state index in [9.17, 15) is 45.3 Å². The summed E-state index contributed by atoms with van der Waals surface area (Å²) in [6, 6.07) is 0. The van der Waals surface area contributed by atoms with Crippen molar-refractivity contribution >= 4 is 11.9 Å². The van der Waals surface area contributed by atoms with Crippen molar-refractivity contribution in [1.82, 2.24) is 0 Å². The first-order valence-corrected chi connectivity index (χ1v) is 30.7. The van der Waals surface area contributed by atoms with Gasteiger partial charge in [-0.25, -0.2) is 0 Å². The quantitative estimate of drug-likeness (QED) is 0.0171. The largest absolute Gasteiger partial charge is 0.462 e. The molecule has 15 nitrogen and oxygen atoms in total. The average Bonchev–Trinajstić information content (AvgIpc) is 3.43. The number of aliphatic hydroxyl groups is 7. The SMILES string of the molecule is CC/C=C\C/C=C\C/C=C\C/C=C\CCCCCCCCCCCCC(=O)OC(COC(=O)CCCCCCCCCCCCCCCCCCCC)COC1OC(COC2OC(CO)C(O)C(O)C2O)C(O)C(O)C1O. The molecule has 2 saturated heterocycles. The molecule has 0 radical (unpaired) electrons. The minimum absolute atomic E-state index is 0.161. The second kappa shape index (κ2) is 48.2. The van der Waals surface area contributed by atoms with E-state index in [2.05, 4.69) is 62.5 Å². The minimum atomic E-state index is -1.77. The van der Waals surface area contributed by atoms with Crippen LogP contribution in [-0.4, -0.2) is 142 Å². The second-order valence-electron chi connectivity index (χ2n) is 21.5. The number of ether oxygens (including phenoxy) is 6. The van der Waals surface area contributed by atoms with Crippen molar-refractivity contribution in [1.29, 1.82) is 0 Å². The lowest BCUT2D eigenvalue weighted by atomic mass is 9.98. The topological polar surface area (TPSA) is 231 Å². The molecule has 0 aliphatic carbocycles. The van der Waals surface area contributed by atoms with E-state index >= 15 is 0 Å². The fraction of sp³-hybridized carbons (Fsp3) is 0.839. The fourth-order valence-electron chi connectivity index (χ4n) is 9.62. The van der Waals surface area contributed by atoms with Gasteiger partial charge in [0.25, 0.3) is 0 Å². The van der Waals surface area contributed by atoms with Crippen LogP contribution in [-0.2, 0) is 38.0 Å². The van der Waals surface area contributed by atoms with E-state index in [0.717, 1.165) is 77.0 Å². The summed E-state index contributed by atoms with van der Waals surface area (Å²) < 4.78 is 33.8. The molecule has 2 fully saturated rings. The van der Waals surface area contributed by atoms with Crippen molar-refractivity contribution in [2.24, 2.45) is 0 Å². The van der Waals surface area contributed by atoms with Crippen LogP contribution in [0, 0.1) is 0 Å². The summed E-state index contributed by atoms with van der Waals surface area (Å²) in [7, 11) is 0. The van der Waals surface area contributed by atoms with Gasteiger partial charge in [0.05, 0.1) is 19.8 Å². The average molecular weight is 1100 g/mol. The maximum Gasteiger partial charge on any atom is 0.306 e. The number of carbonyl (C=O) groups excluding carboxylic acids is 2. The Morgan fingerprint density at radius 2 is 0.818 bits per heavy atom. The zero-order valence-corrected chi connectivity index (χ0v) is 47.9. The van der Waals surface area contributed by atoms with Crippen LogP contribution in [0.15, 0.2) is 48.6 Å². The number of rotatable bonds is 49. The zero-order valence-electron chi connectivity index (χ0n) is 47.9. The maximum absolute atomic E-state index is 13.1. The van der Waals surface area contributed by atoms with Gasteiger partial charge in [-0.2, -0.15) is 0 Å². The lowest BCUT2D eigenvalue weighted by molar-refractivity contribution is -0.332. The first kappa shape index (κ1) is 70.6. The second-order valence-corrected chi connectivity index (χ2v) is 21.5. The lowest BCUT2D eigenvalue weighted by Crippen LogP contribution is -2.61. The number of aliphatic hydroxyl groups excluding tert-OH is 7. The molecule has 7 N–H and O–H groups in total. The Bertz CT molecular complexity index is 1520. The number of esters is 2. The Morgan fingerprint density at radius 3 is 1.29 bits per heavy atom. The Hall–Kier alpha value is -2.54. The highest BCUT2D eigenvalue weighted by Crippen LogP contribution is 2.27. The van der Waals surface area contributed by atoms with Crippen LogP contribution in [0.4, 0.5) is 0 Å². The first-order valence-electron chi connectivity index (χ1n) is 30.7. The van der Waals surface area contributed by atoms with E-state index in [1.807, 2.05) is 0 Å². The van der Waals surface area contributed by atoms with E-state index in [4.69, 9.17) is 28.4 Å². The number of hydrogen-bond donors (Lipinski definition) is 7. The molecule has 448 valence electrons. The molecular formula is C62H110O15. The van der Waals surface area contributed by atoms with Gasteiger partial charge in [0.1, 0.15) is 55.4 Å². The third-order valence-corrected chi connectivity index (χ3v) is 14.6. The van der Waals surface area contributed by atoms with Crippen LogP contribution in [0.1, 0.15) is 239 Å². The van der Waals surface area contributed by atoms with E-state index in [1.54, 1.807) is 0 Å². The molecule has 15 heteroatoms. The Labute approximate surface area is 465 Å². The molecule has 0 bridgehead atoms. The van der Waals surface area contributed by atoms with Gasteiger partial charge in [-0.05, 0) is 51.4 Å². The fourth-order valence-corrected chi connectivity index (χ4v) is 9.62. The third-order valence-electron chi connectivity index (χ3n) is 14.6. The summed E-state index contributed by atoms with van der Waals surface area (Å²) in [4.78, 5) is 26.0. The van der Waals surface area contributed by atoms with Crippen molar-refractivity contribution in [2.75, 3.05) is 26.4 Å². The van der Waals surface area contributed by atoms with E-state index < -0.39 is 92.7 Å². The number of hydrogen-bond acceptors (Lipinski definition) is 15. The highest BCUT2D eigenvalue weighted by molar-refractivity contribution is 5.70. The zero-order chi connectivity index (χ0) is 56.0. The molecule has 11 unspecified atom stereocenters. The van der Waals surface area contributed by atoms with Crippen LogP contribution < -0.4 is 0 Å². The molecule has 0 spiro atoms. The summed E-state index contributed by atoms with van der Waals surface area (Å²) >= 11 is 0. The molecular weight excluding hydrogens is 985 g/mol. The molecule has 2 heterocycles. The summed E-state index contributed by atoms with van der Waals surface area (Å²) in [6.45, 7) is 2.52.